The molecule has 1 aromatic rings. The second kappa shape index (κ2) is 6.40. The minimum Gasteiger partial charge on any atom is -0.340 e. The van der Waals surface area contributed by atoms with Gasteiger partial charge in [0.05, 0.1) is 0 Å². The molecule has 1 fully saturated rings. The topological polar surface area (TPSA) is 32.3 Å². The Hall–Kier alpha value is -1.06. The summed E-state index contributed by atoms with van der Waals surface area (Å²) in [6.07, 6.45) is 1.31. The van der Waals surface area contributed by atoms with Gasteiger partial charge in [0.2, 0.25) is 5.91 Å². The highest BCUT2D eigenvalue weighted by Gasteiger charge is 2.24. The van der Waals surface area contributed by atoms with Crippen LogP contribution in [0.4, 0.5) is 0 Å². The summed E-state index contributed by atoms with van der Waals surface area (Å²) < 4.78 is 0. The summed E-state index contributed by atoms with van der Waals surface area (Å²) >= 11 is 5.94. The lowest BCUT2D eigenvalue weighted by atomic mass is 10.1. The second-order valence-corrected chi connectivity index (χ2v) is 5.83. The maximum Gasteiger partial charge on any atom is 0.223 e. The zero-order valence-corrected chi connectivity index (χ0v) is 12.3. The molecule has 1 aliphatic rings. The van der Waals surface area contributed by atoms with E-state index in [0.29, 0.717) is 18.5 Å². The number of benzene rings is 1. The van der Waals surface area contributed by atoms with Crippen molar-refractivity contribution in [3.8, 4) is 0 Å². The first-order valence-corrected chi connectivity index (χ1v) is 7.20. The van der Waals surface area contributed by atoms with Gasteiger partial charge >= 0.3 is 0 Å². The standard InChI is InChI=1S/C15H21ClN2O/c1-11-9-18(10-12(2)17-11)15(19)7-6-13-4-3-5-14(16)8-13/h3-5,8,11-12,17H,6-7,9-10H2,1-2H3. The molecule has 0 aromatic heterocycles. The summed E-state index contributed by atoms with van der Waals surface area (Å²) in [4.78, 5) is 14.2. The number of carbonyl (C=O) groups excluding carboxylic acids is 1. The molecule has 1 aromatic carbocycles. The van der Waals surface area contributed by atoms with E-state index in [0.717, 1.165) is 30.1 Å². The second-order valence-electron chi connectivity index (χ2n) is 5.40. The number of nitrogens with one attached hydrogen (secondary N) is 1. The molecule has 0 aliphatic carbocycles. The van der Waals surface area contributed by atoms with Crippen molar-refractivity contribution in [1.29, 1.82) is 0 Å². The molecule has 1 aliphatic heterocycles. The van der Waals surface area contributed by atoms with Gasteiger partial charge in [-0.3, -0.25) is 4.79 Å². The van der Waals surface area contributed by atoms with Crippen LogP contribution >= 0.6 is 11.6 Å². The normalized spacial score (nSPS) is 23.4. The maximum absolute atomic E-state index is 12.2. The Labute approximate surface area is 119 Å². The summed E-state index contributed by atoms with van der Waals surface area (Å²) in [5.41, 5.74) is 1.12. The van der Waals surface area contributed by atoms with Crippen LogP contribution in [0.3, 0.4) is 0 Å². The fourth-order valence-electron chi connectivity index (χ4n) is 2.63. The van der Waals surface area contributed by atoms with E-state index >= 15 is 0 Å². The van der Waals surface area contributed by atoms with Crippen molar-refractivity contribution >= 4 is 17.5 Å². The number of nitrogens with zero attached hydrogens (tertiary/aromatic N) is 1. The third kappa shape index (κ3) is 4.22. The van der Waals surface area contributed by atoms with Crippen molar-refractivity contribution in [3.63, 3.8) is 0 Å². The van der Waals surface area contributed by atoms with Crippen LogP contribution in [0.15, 0.2) is 24.3 Å². The van der Waals surface area contributed by atoms with Gasteiger partial charge in [0.15, 0.2) is 0 Å². The van der Waals surface area contributed by atoms with Gasteiger partial charge in [0.1, 0.15) is 0 Å². The molecule has 2 unspecified atom stereocenters. The predicted molar refractivity (Wildman–Crippen MR) is 78.4 cm³/mol. The van der Waals surface area contributed by atoms with Gasteiger partial charge in [-0.25, -0.2) is 0 Å². The fraction of sp³-hybridized carbons (Fsp3) is 0.533. The molecule has 1 N–H and O–H groups in total. The van der Waals surface area contributed by atoms with Gasteiger partial charge in [0.25, 0.3) is 0 Å². The Balaban J connectivity index is 1.87. The van der Waals surface area contributed by atoms with Crippen LogP contribution < -0.4 is 5.32 Å². The van der Waals surface area contributed by atoms with Gasteiger partial charge in [-0.2, -0.15) is 0 Å². The molecule has 0 saturated carbocycles. The molecule has 104 valence electrons. The first kappa shape index (κ1) is 14.4. The van der Waals surface area contributed by atoms with Gasteiger partial charge in [0, 0.05) is 36.6 Å². The SMILES string of the molecule is CC1CN(C(=O)CCc2cccc(Cl)c2)CC(C)N1. The van der Waals surface area contributed by atoms with Crippen LogP contribution in [0.25, 0.3) is 0 Å². The number of carbonyl (C=O) groups is 1. The molecule has 4 heteroatoms. The molecular formula is C15H21ClN2O. The third-order valence-corrected chi connectivity index (χ3v) is 3.66. The number of halogens is 1. The highest BCUT2D eigenvalue weighted by atomic mass is 35.5. The van der Waals surface area contributed by atoms with Crippen molar-refractivity contribution in [3.05, 3.63) is 34.9 Å². The van der Waals surface area contributed by atoms with E-state index in [1.807, 2.05) is 29.2 Å². The Bertz CT molecular complexity index is 440. The molecule has 1 heterocycles. The fourth-order valence-corrected chi connectivity index (χ4v) is 2.85. The van der Waals surface area contributed by atoms with Gasteiger partial charge in [-0.1, -0.05) is 23.7 Å². The Kier molecular flexibility index (Phi) is 4.83. The Morgan fingerprint density at radius 1 is 1.37 bits per heavy atom. The first-order chi connectivity index (χ1) is 9.04. The molecule has 0 spiro atoms. The summed E-state index contributed by atoms with van der Waals surface area (Å²) in [6.45, 7) is 5.84. The van der Waals surface area contributed by atoms with Crippen LogP contribution in [0.5, 0.6) is 0 Å². The Morgan fingerprint density at radius 2 is 2.05 bits per heavy atom. The molecule has 3 nitrogen and oxygen atoms in total. The van der Waals surface area contributed by atoms with Crippen LogP contribution in [0.1, 0.15) is 25.8 Å². The summed E-state index contributed by atoms with van der Waals surface area (Å²) in [6, 6.07) is 8.47. The van der Waals surface area contributed by atoms with Crippen LogP contribution in [-0.2, 0) is 11.2 Å². The van der Waals surface area contributed by atoms with E-state index < -0.39 is 0 Å². The highest BCUT2D eigenvalue weighted by Crippen LogP contribution is 2.13. The van der Waals surface area contributed by atoms with Crippen molar-refractivity contribution in [2.75, 3.05) is 13.1 Å². The molecular weight excluding hydrogens is 260 g/mol. The first-order valence-electron chi connectivity index (χ1n) is 6.83. The summed E-state index contributed by atoms with van der Waals surface area (Å²) in [5.74, 6) is 0.236. The molecule has 1 amide bonds. The number of hydrogen-bond acceptors (Lipinski definition) is 2. The number of aryl methyl sites for hydroxylation is 1. The van der Waals surface area contributed by atoms with Crippen LogP contribution in [0.2, 0.25) is 5.02 Å². The lowest BCUT2D eigenvalue weighted by Gasteiger charge is -2.36. The largest absolute Gasteiger partial charge is 0.340 e. The van der Waals surface area contributed by atoms with Crippen molar-refractivity contribution in [2.24, 2.45) is 0 Å². The molecule has 0 bridgehead atoms. The number of amides is 1. The van der Waals surface area contributed by atoms with Crippen LogP contribution in [0, 0.1) is 0 Å². The summed E-state index contributed by atoms with van der Waals surface area (Å²) in [7, 11) is 0. The van der Waals surface area contributed by atoms with E-state index in [1.54, 1.807) is 0 Å². The van der Waals surface area contributed by atoms with Crippen molar-refractivity contribution < 1.29 is 4.79 Å². The van der Waals surface area contributed by atoms with Crippen molar-refractivity contribution in [2.45, 2.75) is 38.8 Å². The molecule has 0 radical (unpaired) electrons. The smallest absolute Gasteiger partial charge is 0.223 e. The van der Waals surface area contributed by atoms with Gasteiger partial charge < -0.3 is 10.2 Å². The number of rotatable bonds is 3. The lowest BCUT2D eigenvalue weighted by Crippen LogP contribution is -2.55. The predicted octanol–water partition coefficient (Wildman–Crippen LogP) is 2.48. The minimum atomic E-state index is 0.236. The average molecular weight is 281 g/mol. The monoisotopic (exact) mass is 280 g/mol. The molecule has 2 rings (SSSR count). The van der Waals surface area contributed by atoms with E-state index in [2.05, 4.69) is 19.2 Å². The maximum atomic E-state index is 12.2. The van der Waals surface area contributed by atoms with Gasteiger partial charge in [-0.15, -0.1) is 0 Å². The quantitative estimate of drug-likeness (QED) is 0.923. The molecule has 1 saturated heterocycles. The highest BCUT2D eigenvalue weighted by molar-refractivity contribution is 6.30. The molecule has 19 heavy (non-hydrogen) atoms. The zero-order valence-electron chi connectivity index (χ0n) is 11.5. The minimum absolute atomic E-state index is 0.236. The van der Waals surface area contributed by atoms with Crippen molar-refractivity contribution in [1.82, 2.24) is 10.2 Å². The van der Waals surface area contributed by atoms with E-state index in [-0.39, 0.29) is 5.91 Å². The number of hydrogen-bond donors (Lipinski definition) is 1. The van der Waals surface area contributed by atoms with E-state index in [1.165, 1.54) is 0 Å². The summed E-state index contributed by atoms with van der Waals surface area (Å²) in [5, 5.41) is 4.16. The molecule has 2 atom stereocenters. The number of piperazine rings is 1. The average Bonchev–Trinajstić information content (AvgIpc) is 2.35. The Morgan fingerprint density at radius 3 is 2.68 bits per heavy atom. The van der Waals surface area contributed by atoms with E-state index in [4.69, 9.17) is 11.6 Å². The lowest BCUT2D eigenvalue weighted by molar-refractivity contribution is -0.132. The zero-order chi connectivity index (χ0) is 13.8. The van der Waals surface area contributed by atoms with Gasteiger partial charge in [-0.05, 0) is 38.0 Å². The third-order valence-electron chi connectivity index (χ3n) is 3.43. The van der Waals surface area contributed by atoms with Crippen LogP contribution in [-0.4, -0.2) is 36.0 Å². The van der Waals surface area contributed by atoms with E-state index in [9.17, 15) is 4.79 Å².